The highest BCUT2D eigenvalue weighted by Gasteiger charge is 2.79. The lowest BCUT2D eigenvalue weighted by atomic mass is 9.41. The summed E-state index contributed by atoms with van der Waals surface area (Å²) in [5.74, 6) is 3.49. The maximum Gasteiger partial charge on any atom is 0.151 e. The molecule has 5 aliphatic rings. The van der Waals surface area contributed by atoms with Crippen molar-refractivity contribution in [2.75, 3.05) is 13.2 Å². The molecule has 0 N–H and O–H groups in total. The number of Topliss-reactive ketones (excluding diaryl/α,β-unsaturated/α-hetero) is 1. The van der Waals surface area contributed by atoms with Crippen LogP contribution in [0.2, 0.25) is 0 Å². The van der Waals surface area contributed by atoms with Gasteiger partial charge in [0.05, 0.1) is 23.0 Å². The molecule has 0 aromatic heterocycles. The van der Waals surface area contributed by atoms with E-state index < -0.39 is 15.2 Å². The molecule has 3 nitrogen and oxygen atoms in total. The highest BCUT2D eigenvalue weighted by atomic mass is 35.5. The van der Waals surface area contributed by atoms with Crippen molar-refractivity contribution in [3.63, 3.8) is 0 Å². The molecule has 0 radical (unpaired) electrons. The van der Waals surface area contributed by atoms with Gasteiger partial charge in [-0.3, -0.25) is 4.79 Å². The maximum atomic E-state index is 14.2. The minimum absolute atomic E-state index is 0.451. The van der Waals surface area contributed by atoms with Crippen molar-refractivity contribution in [3.05, 3.63) is 0 Å². The van der Waals surface area contributed by atoms with Gasteiger partial charge >= 0.3 is 0 Å². The Balaban J connectivity index is 0.956. The normalized spacial score (nSPS) is 36.3. The number of carbonyl (C=O) groups is 1. The number of hydrogen-bond acceptors (Lipinski definition) is 3. The highest BCUT2D eigenvalue weighted by Crippen LogP contribution is 2.75. The van der Waals surface area contributed by atoms with E-state index in [9.17, 15) is 4.79 Å². The predicted molar refractivity (Wildman–Crippen MR) is 208 cm³/mol. The van der Waals surface area contributed by atoms with Gasteiger partial charge in [0.1, 0.15) is 4.33 Å². The summed E-state index contributed by atoms with van der Waals surface area (Å²) in [5.41, 5.74) is -0.970. The van der Waals surface area contributed by atoms with Gasteiger partial charge < -0.3 is 9.47 Å². The average Bonchev–Trinajstić information content (AvgIpc) is 3.14. The first-order chi connectivity index (χ1) is 23.9. The smallest absolute Gasteiger partial charge is 0.151 e. The second-order valence-corrected chi connectivity index (χ2v) is 19.1. The van der Waals surface area contributed by atoms with Crippen LogP contribution >= 0.6 is 23.2 Å². The minimum Gasteiger partial charge on any atom is -0.378 e. The highest BCUT2D eigenvalue weighted by molar-refractivity contribution is 6.55. The van der Waals surface area contributed by atoms with Crippen LogP contribution < -0.4 is 0 Å². The van der Waals surface area contributed by atoms with Crippen LogP contribution in [0.5, 0.6) is 0 Å². The van der Waals surface area contributed by atoms with Crippen molar-refractivity contribution in [1.29, 1.82) is 0 Å². The number of hydrogen-bond donors (Lipinski definition) is 0. The fourth-order valence-electron chi connectivity index (χ4n) is 11.5. The van der Waals surface area contributed by atoms with Crippen molar-refractivity contribution < 1.29 is 14.3 Å². The number of ketones is 1. The summed E-state index contributed by atoms with van der Waals surface area (Å²) in [6, 6.07) is 0. The fraction of sp³-hybridized carbons (Fsp3) is 0.977. The Morgan fingerprint density at radius 1 is 0.469 bits per heavy atom. The largest absolute Gasteiger partial charge is 0.378 e. The Morgan fingerprint density at radius 2 is 0.776 bits per heavy atom. The molecule has 0 atom stereocenters. The van der Waals surface area contributed by atoms with Gasteiger partial charge in [-0.25, -0.2) is 0 Å². The number of rotatable bonds is 20. The van der Waals surface area contributed by atoms with Crippen molar-refractivity contribution in [2.45, 2.75) is 223 Å². The third-order valence-corrected chi connectivity index (χ3v) is 16.3. The van der Waals surface area contributed by atoms with E-state index in [0.29, 0.717) is 18.0 Å². The van der Waals surface area contributed by atoms with E-state index in [0.717, 1.165) is 88.3 Å². The summed E-state index contributed by atoms with van der Waals surface area (Å²) in [4.78, 5) is 14.2. The summed E-state index contributed by atoms with van der Waals surface area (Å²) >= 11 is 14.8. The first-order valence-electron chi connectivity index (χ1n) is 22.0. The molecular weight excluding hydrogens is 647 g/mol. The van der Waals surface area contributed by atoms with Crippen molar-refractivity contribution in [3.8, 4) is 0 Å². The average molecular weight is 724 g/mol. The molecule has 2 spiro atoms. The van der Waals surface area contributed by atoms with E-state index in [1.165, 1.54) is 141 Å². The lowest BCUT2D eigenvalue weighted by Gasteiger charge is -2.67. The second kappa shape index (κ2) is 20.0. The standard InChI is InChI=1S/C44H76Cl2O3/c1-3-5-7-9-11-13-15-33-48-39-21-17-35(18-22-39)37-25-29-42(30-26-37)41(47)43(44(42,45)46)31-27-38(28-32-43)36-19-23-40(24-20-36)49-34-16-14-12-10-8-6-4-2/h35-40H,3-34H2,1-2H3/t35?,36?,37-,38?,39?,40?,42+,43-. The third kappa shape index (κ3) is 9.84. The number of carbonyl (C=O) groups excluding carboxylic acids is 1. The molecule has 0 aromatic carbocycles. The van der Waals surface area contributed by atoms with Crippen LogP contribution in [0.4, 0.5) is 0 Å². The van der Waals surface area contributed by atoms with Gasteiger partial charge in [0, 0.05) is 13.2 Å². The van der Waals surface area contributed by atoms with Crippen LogP contribution in [0, 0.1) is 34.5 Å². The summed E-state index contributed by atoms with van der Waals surface area (Å²) < 4.78 is 11.7. The van der Waals surface area contributed by atoms with E-state index in [4.69, 9.17) is 32.7 Å². The quantitative estimate of drug-likeness (QED) is 0.0927. The van der Waals surface area contributed by atoms with Crippen molar-refractivity contribution in [1.82, 2.24) is 0 Å². The van der Waals surface area contributed by atoms with Gasteiger partial charge in [-0.1, -0.05) is 114 Å². The third-order valence-electron chi connectivity index (χ3n) is 14.8. The van der Waals surface area contributed by atoms with Crippen LogP contribution in [0.25, 0.3) is 0 Å². The first kappa shape index (κ1) is 40.4. The molecule has 284 valence electrons. The first-order valence-corrected chi connectivity index (χ1v) is 22.8. The molecule has 5 rings (SSSR count). The Labute approximate surface area is 312 Å². The van der Waals surface area contributed by atoms with Crippen molar-refractivity contribution >= 4 is 29.0 Å². The van der Waals surface area contributed by atoms with E-state index in [1.807, 2.05) is 0 Å². The Hall–Kier alpha value is 0.170. The van der Waals surface area contributed by atoms with Gasteiger partial charge in [0.25, 0.3) is 0 Å². The van der Waals surface area contributed by atoms with Gasteiger partial charge in [-0.05, 0) is 139 Å². The lowest BCUT2D eigenvalue weighted by Crippen LogP contribution is -2.74. The number of ether oxygens (including phenoxy) is 2. The monoisotopic (exact) mass is 723 g/mol. The molecule has 0 bridgehead atoms. The number of unbranched alkanes of at least 4 members (excludes halogenated alkanes) is 12. The Kier molecular flexibility index (Phi) is 16.5. The van der Waals surface area contributed by atoms with Crippen LogP contribution in [0.15, 0.2) is 0 Å². The summed E-state index contributed by atoms with van der Waals surface area (Å²) in [5, 5.41) is 0. The second-order valence-electron chi connectivity index (χ2n) is 17.8. The molecule has 0 aliphatic heterocycles. The van der Waals surface area contributed by atoms with Crippen LogP contribution in [-0.4, -0.2) is 35.5 Å². The van der Waals surface area contributed by atoms with Gasteiger partial charge in [-0.15, -0.1) is 0 Å². The molecule has 0 unspecified atom stereocenters. The SMILES string of the molecule is CCCCCCCCCOC1CCC(C2CC[C@]3(CC2)C(=O)[C@@]2(CC[C@@H](C4CCC(OCCCCCCCCC)CC4)CC2)C3(Cl)Cl)CC1. The zero-order valence-corrected chi connectivity index (χ0v) is 33.6. The summed E-state index contributed by atoms with van der Waals surface area (Å²) in [7, 11) is 0. The molecule has 5 aliphatic carbocycles. The maximum absolute atomic E-state index is 14.2. The molecule has 0 amide bonds. The topological polar surface area (TPSA) is 35.5 Å². The van der Waals surface area contributed by atoms with E-state index in [1.54, 1.807) is 0 Å². The molecule has 49 heavy (non-hydrogen) atoms. The molecule has 5 fully saturated rings. The molecule has 0 saturated heterocycles. The summed E-state index contributed by atoms with van der Waals surface area (Å²) in [6.07, 6.45) is 37.9. The summed E-state index contributed by atoms with van der Waals surface area (Å²) in [6.45, 7) is 6.46. The van der Waals surface area contributed by atoms with Gasteiger partial charge in [0.2, 0.25) is 0 Å². The molecule has 5 saturated carbocycles. The number of alkyl halides is 2. The minimum atomic E-state index is -0.879. The molecule has 0 heterocycles. The van der Waals surface area contributed by atoms with Crippen LogP contribution in [0.1, 0.15) is 206 Å². The number of halogens is 2. The Bertz CT molecular complexity index is 862. The van der Waals surface area contributed by atoms with Crippen LogP contribution in [0.3, 0.4) is 0 Å². The zero-order valence-electron chi connectivity index (χ0n) is 32.1. The molecule has 0 aromatic rings. The van der Waals surface area contributed by atoms with Gasteiger partial charge in [0.15, 0.2) is 5.78 Å². The van der Waals surface area contributed by atoms with E-state index >= 15 is 0 Å². The lowest BCUT2D eigenvalue weighted by molar-refractivity contribution is -0.173. The Morgan fingerprint density at radius 3 is 1.10 bits per heavy atom. The molecule has 5 heteroatoms. The zero-order chi connectivity index (χ0) is 34.6. The van der Waals surface area contributed by atoms with E-state index in [-0.39, 0.29) is 0 Å². The predicted octanol–water partition coefficient (Wildman–Crippen LogP) is 13.7. The molecular formula is C44H76Cl2O3. The van der Waals surface area contributed by atoms with Crippen molar-refractivity contribution in [2.24, 2.45) is 34.5 Å². The van der Waals surface area contributed by atoms with Crippen LogP contribution in [-0.2, 0) is 14.3 Å². The van der Waals surface area contributed by atoms with Gasteiger partial charge in [-0.2, -0.15) is 0 Å². The fourth-order valence-corrected chi connectivity index (χ4v) is 12.6. The van der Waals surface area contributed by atoms with E-state index in [2.05, 4.69) is 13.8 Å².